The van der Waals surface area contributed by atoms with E-state index in [-0.39, 0.29) is 22.3 Å². The summed E-state index contributed by atoms with van der Waals surface area (Å²) < 4.78 is 20.6. The number of anilines is 1. The van der Waals surface area contributed by atoms with Crippen molar-refractivity contribution in [2.45, 2.75) is 24.6 Å². The lowest BCUT2D eigenvalue weighted by molar-refractivity contribution is -0.0458. The van der Waals surface area contributed by atoms with Crippen LogP contribution in [-0.4, -0.2) is 54.7 Å². The van der Waals surface area contributed by atoms with Gasteiger partial charge in [0.1, 0.15) is 18.5 Å². The van der Waals surface area contributed by atoms with Crippen LogP contribution >= 0.6 is 11.6 Å². The van der Waals surface area contributed by atoms with E-state index in [0.717, 1.165) is 0 Å². The molecule has 2 aromatic rings. The number of aromatic nitrogens is 4. The molecule has 2 aromatic heterocycles. The first-order valence-corrected chi connectivity index (χ1v) is 6.14. The molecule has 4 atom stereocenters. The number of fused-ring (bicyclic) bond motifs is 1. The summed E-state index contributed by atoms with van der Waals surface area (Å²) in [6, 6.07) is 0. The zero-order chi connectivity index (χ0) is 14.4. The van der Waals surface area contributed by atoms with Crippen molar-refractivity contribution >= 4 is 28.6 Å². The highest BCUT2D eigenvalue weighted by atomic mass is 35.5. The second kappa shape index (κ2) is 4.77. The molecular formula is C10H11ClFN5O3. The largest absolute Gasteiger partial charge is 0.394 e. The molecule has 0 radical (unpaired) electrons. The molecule has 0 spiro atoms. The molecule has 0 amide bonds. The number of nitrogen functional groups attached to an aromatic ring is 1. The summed E-state index contributed by atoms with van der Waals surface area (Å²) in [5, 5.41) is 18.6. The third-order valence-electron chi connectivity index (χ3n) is 3.19. The highest BCUT2D eigenvalue weighted by molar-refractivity contribution is 6.29. The van der Waals surface area contributed by atoms with Crippen LogP contribution in [0.15, 0.2) is 6.33 Å². The SMILES string of the molecule is Nc1ncnc2c1nc(Cl)n2[C@@H]1O[C@H](CO)[C@H](O)C1F. The fourth-order valence-corrected chi connectivity index (χ4v) is 2.45. The first kappa shape index (κ1) is 13.4. The van der Waals surface area contributed by atoms with E-state index >= 15 is 0 Å². The number of ether oxygens (including phenoxy) is 1. The molecule has 0 aromatic carbocycles. The van der Waals surface area contributed by atoms with Crippen LogP contribution < -0.4 is 5.73 Å². The van der Waals surface area contributed by atoms with Crippen LogP contribution in [-0.2, 0) is 4.74 Å². The van der Waals surface area contributed by atoms with Crippen molar-refractivity contribution in [3.8, 4) is 0 Å². The van der Waals surface area contributed by atoms with Crippen LogP contribution in [0.1, 0.15) is 6.23 Å². The van der Waals surface area contributed by atoms with Gasteiger partial charge in [-0.15, -0.1) is 0 Å². The Balaban J connectivity index is 2.11. The minimum atomic E-state index is -1.78. The van der Waals surface area contributed by atoms with Crippen LogP contribution in [0.4, 0.5) is 10.2 Å². The van der Waals surface area contributed by atoms with Crippen LogP contribution in [0.3, 0.4) is 0 Å². The number of halogens is 2. The average Bonchev–Trinajstić information content (AvgIpc) is 2.90. The Morgan fingerprint density at radius 2 is 2.25 bits per heavy atom. The van der Waals surface area contributed by atoms with Crippen molar-refractivity contribution in [3.63, 3.8) is 0 Å². The van der Waals surface area contributed by atoms with Gasteiger partial charge in [0.15, 0.2) is 29.4 Å². The van der Waals surface area contributed by atoms with Gasteiger partial charge in [-0.1, -0.05) is 0 Å². The van der Waals surface area contributed by atoms with E-state index in [2.05, 4.69) is 15.0 Å². The Bertz CT molecular complexity index is 653. The Labute approximate surface area is 117 Å². The number of hydrogen-bond acceptors (Lipinski definition) is 7. The van der Waals surface area contributed by atoms with Gasteiger partial charge in [0.25, 0.3) is 0 Å². The molecule has 108 valence electrons. The van der Waals surface area contributed by atoms with Crippen LogP contribution in [0, 0.1) is 0 Å². The maximum atomic E-state index is 14.1. The molecule has 10 heteroatoms. The minimum Gasteiger partial charge on any atom is -0.394 e. The maximum Gasteiger partial charge on any atom is 0.207 e. The fourth-order valence-electron chi connectivity index (χ4n) is 2.19. The topological polar surface area (TPSA) is 119 Å². The van der Waals surface area contributed by atoms with Crippen LogP contribution in [0.5, 0.6) is 0 Å². The van der Waals surface area contributed by atoms with Crippen molar-refractivity contribution in [2.24, 2.45) is 0 Å². The van der Waals surface area contributed by atoms with E-state index in [1.54, 1.807) is 0 Å². The number of rotatable bonds is 2. The quantitative estimate of drug-likeness (QED) is 0.649. The Morgan fingerprint density at radius 1 is 1.50 bits per heavy atom. The van der Waals surface area contributed by atoms with Gasteiger partial charge in [0.2, 0.25) is 5.28 Å². The van der Waals surface area contributed by atoms with Crippen LogP contribution in [0.2, 0.25) is 5.28 Å². The Kier molecular flexibility index (Phi) is 3.21. The van der Waals surface area contributed by atoms with Gasteiger partial charge < -0.3 is 20.7 Å². The van der Waals surface area contributed by atoms with Gasteiger partial charge in [-0.2, -0.15) is 0 Å². The van der Waals surface area contributed by atoms with Gasteiger partial charge in [-0.3, -0.25) is 4.57 Å². The lowest BCUT2D eigenvalue weighted by Crippen LogP contribution is -2.30. The number of aliphatic hydroxyl groups is 2. The molecule has 1 fully saturated rings. The van der Waals surface area contributed by atoms with Gasteiger partial charge in [-0.05, 0) is 11.6 Å². The summed E-state index contributed by atoms with van der Waals surface area (Å²) in [5.41, 5.74) is 6.06. The minimum absolute atomic E-state index is 0.0920. The number of aliphatic hydroxyl groups excluding tert-OH is 2. The molecule has 4 N–H and O–H groups in total. The molecule has 1 aliphatic heterocycles. The summed E-state index contributed by atoms with van der Waals surface area (Å²) >= 11 is 5.96. The monoisotopic (exact) mass is 303 g/mol. The smallest absolute Gasteiger partial charge is 0.207 e. The van der Waals surface area contributed by atoms with Gasteiger partial charge in [-0.25, -0.2) is 19.3 Å². The zero-order valence-electron chi connectivity index (χ0n) is 10.0. The fraction of sp³-hybridized carbons (Fsp3) is 0.500. The molecule has 1 saturated heterocycles. The van der Waals surface area contributed by atoms with E-state index in [0.29, 0.717) is 0 Å². The number of nitrogens with zero attached hydrogens (tertiary/aromatic N) is 4. The Hall–Kier alpha value is -1.55. The normalized spacial score (nSPS) is 30.2. The van der Waals surface area contributed by atoms with Crippen molar-refractivity contribution in [3.05, 3.63) is 11.6 Å². The molecule has 1 unspecified atom stereocenters. The van der Waals surface area contributed by atoms with E-state index in [1.807, 2.05) is 0 Å². The third-order valence-corrected chi connectivity index (χ3v) is 3.46. The lowest BCUT2D eigenvalue weighted by Gasteiger charge is -2.15. The molecule has 1 aliphatic rings. The van der Waals surface area contributed by atoms with Gasteiger partial charge in [0.05, 0.1) is 6.61 Å². The van der Waals surface area contributed by atoms with Crippen LogP contribution in [0.25, 0.3) is 11.2 Å². The summed E-state index contributed by atoms with van der Waals surface area (Å²) in [4.78, 5) is 11.7. The second-order valence-electron chi connectivity index (χ2n) is 4.36. The van der Waals surface area contributed by atoms with Gasteiger partial charge >= 0.3 is 0 Å². The summed E-state index contributed by atoms with van der Waals surface area (Å²) in [5.74, 6) is 0.100. The number of imidazole rings is 1. The lowest BCUT2D eigenvalue weighted by atomic mass is 10.1. The number of alkyl halides is 1. The number of hydrogen-bond donors (Lipinski definition) is 3. The van der Waals surface area contributed by atoms with Gasteiger partial charge in [0, 0.05) is 0 Å². The highest BCUT2D eigenvalue weighted by Crippen LogP contribution is 2.36. The first-order valence-electron chi connectivity index (χ1n) is 5.77. The van der Waals surface area contributed by atoms with Crippen molar-refractivity contribution in [1.82, 2.24) is 19.5 Å². The van der Waals surface area contributed by atoms with E-state index in [4.69, 9.17) is 27.2 Å². The highest BCUT2D eigenvalue weighted by Gasteiger charge is 2.46. The molecular weight excluding hydrogens is 293 g/mol. The molecule has 0 aliphatic carbocycles. The standard InChI is InChI=1S/C10H11ClFN5O3/c11-10-16-5-7(13)14-2-15-8(5)17(10)9-4(12)6(19)3(1-18)20-9/h2-4,6,9,18-19H,1H2,(H2,13,14,15)/t3-,4?,6+,9-/m1/s1. The van der Waals surface area contributed by atoms with E-state index < -0.39 is 31.2 Å². The van der Waals surface area contributed by atoms with Crippen molar-refractivity contribution < 1.29 is 19.3 Å². The average molecular weight is 304 g/mol. The molecule has 0 bridgehead atoms. The van der Waals surface area contributed by atoms with Crippen molar-refractivity contribution in [1.29, 1.82) is 0 Å². The predicted molar refractivity (Wildman–Crippen MR) is 66.6 cm³/mol. The predicted octanol–water partition coefficient (Wildman–Crippen LogP) is -0.349. The summed E-state index contributed by atoms with van der Waals surface area (Å²) in [7, 11) is 0. The summed E-state index contributed by atoms with van der Waals surface area (Å²) in [6.07, 6.45) is -4.33. The van der Waals surface area contributed by atoms with E-state index in [9.17, 15) is 9.50 Å². The molecule has 8 nitrogen and oxygen atoms in total. The molecule has 3 heterocycles. The molecule has 0 saturated carbocycles. The molecule has 3 rings (SSSR count). The van der Waals surface area contributed by atoms with Crippen molar-refractivity contribution in [2.75, 3.05) is 12.3 Å². The second-order valence-corrected chi connectivity index (χ2v) is 4.70. The first-order chi connectivity index (χ1) is 9.54. The maximum absolute atomic E-state index is 14.1. The Morgan fingerprint density at radius 3 is 2.90 bits per heavy atom. The third kappa shape index (κ3) is 1.82. The molecule has 20 heavy (non-hydrogen) atoms. The summed E-state index contributed by atoms with van der Waals surface area (Å²) in [6.45, 7) is -0.514. The zero-order valence-corrected chi connectivity index (χ0v) is 10.8. The number of nitrogens with two attached hydrogens (primary N) is 1. The van der Waals surface area contributed by atoms with E-state index in [1.165, 1.54) is 10.9 Å².